The van der Waals surface area contributed by atoms with Crippen LogP contribution in [-0.2, 0) is 4.74 Å². The molecule has 3 aromatic rings. The van der Waals surface area contributed by atoms with Crippen molar-refractivity contribution in [1.29, 1.82) is 0 Å². The summed E-state index contributed by atoms with van der Waals surface area (Å²) in [7, 11) is 0. The molecule has 2 saturated heterocycles. The quantitative estimate of drug-likeness (QED) is 0.310. The van der Waals surface area contributed by atoms with Gasteiger partial charge in [0, 0.05) is 25.2 Å². The predicted octanol–water partition coefficient (Wildman–Crippen LogP) is 0.845. The number of rotatable bonds is 4. The molecule has 6 N–H and O–H groups in total. The summed E-state index contributed by atoms with van der Waals surface area (Å²) in [6.07, 6.45) is -0.966. The van der Waals surface area contributed by atoms with Crippen LogP contribution in [0.15, 0.2) is 30.6 Å². The van der Waals surface area contributed by atoms with Crippen LogP contribution in [-0.4, -0.2) is 83.8 Å². The van der Waals surface area contributed by atoms with Crippen molar-refractivity contribution in [2.45, 2.75) is 43.8 Å². The average Bonchev–Trinajstić information content (AvgIpc) is 3.46. The summed E-state index contributed by atoms with van der Waals surface area (Å²) < 4.78 is 20.1. The van der Waals surface area contributed by atoms with Crippen LogP contribution in [0.5, 0.6) is 0 Å². The van der Waals surface area contributed by atoms with Crippen molar-refractivity contribution < 1.29 is 29.2 Å². The van der Waals surface area contributed by atoms with E-state index in [9.17, 15) is 24.5 Å². The number of nitrogens with two attached hydrogens (primary N) is 1. The van der Waals surface area contributed by atoms with E-state index in [-0.39, 0.29) is 29.1 Å². The van der Waals surface area contributed by atoms with Crippen LogP contribution in [0, 0.1) is 23.6 Å². The minimum atomic E-state index is -1.29. The summed E-state index contributed by atoms with van der Waals surface area (Å²) in [4.78, 5) is 27.0. The second kappa shape index (κ2) is 10.9. The van der Waals surface area contributed by atoms with E-state index in [2.05, 4.69) is 32.1 Å². The molecule has 2 amide bonds. The van der Waals surface area contributed by atoms with Crippen LogP contribution in [0.2, 0.25) is 0 Å². The number of urea groups is 1. The van der Waals surface area contributed by atoms with Crippen molar-refractivity contribution >= 4 is 28.7 Å². The van der Waals surface area contributed by atoms with Gasteiger partial charge in [-0.05, 0) is 48.9 Å². The number of benzene rings is 1. The minimum absolute atomic E-state index is 0.116. The van der Waals surface area contributed by atoms with Gasteiger partial charge < -0.3 is 36.0 Å². The van der Waals surface area contributed by atoms with Crippen LogP contribution in [0.25, 0.3) is 11.2 Å². The molecule has 1 unspecified atom stereocenters. The monoisotopic (exact) mass is 525 g/mol. The van der Waals surface area contributed by atoms with Gasteiger partial charge in [-0.15, -0.1) is 0 Å². The largest absolute Gasteiger partial charge is 0.394 e. The zero-order valence-electron chi connectivity index (χ0n) is 20.4. The highest BCUT2D eigenvalue weighted by atomic mass is 19.1. The van der Waals surface area contributed by atoms with E-state index in [0.29, 0.717) is 36.6 Å². The fourth-order valence-electron chi connectivity index (χ4n) is 4.64. The molecule has 2 aromatic heterocycles. The van der Waals surface area contributed by atoms with Crippen molar-refractivity contribution in [1.82, 2.24) is 24.4 Å². The highest BCUT2D eigenvalue weighted by Crippen LogP contribution is 2.32. The number of nitrogen functional groups attached to an aromatic ring is 1. The molecule has 200 valence electrons. The number of piperidine rings is 1. The van der Waals surface area contributed by atoms with Gasteiger partial charge in [0.2, 0.25) is 5.82 Å². The SMILES string of the molecule is Nc1nc(C#CCC2CCN(C(=O)Nc3ccc(F)cc3)CC2)nc2c1ncn2[C@@H]1O[C@H](CO)[C@H](O)C1O. The predicted molar refractivity (Wildman–Crippen MR) is 134 cm³/mol. The van der Waals surface area contributed by atoms with E-state index in [4.69, 9.17) is 10.5 Å². The zero-order valence-corrected chi connectivity index (χ0v) is 20.4. The highest BCUT2D eigenvalue weighted by molar-refractivity contribution is 5.89. The molecular formula is C25H28FN7O5. The van der Waals surface area contributed by atoms with Gasteiger partial charge in [0.05, 0.1) is 12.9 Å². The lowest BCUT2D eigenvalue weighted by Crippen LogP contribution is -2.41. The van der Waals surface area contributed by atoms with E-state index in [1.165, 1.54) is 35.2 Å². The summed E-state index contributed by atoms with van der Waals surface area (Å²) >= 11 is 0. The lowest BCUT2D eigenvalue weighted by molar-refractivity contribution is -0.0511. The summed E-state index contributed by atoms with van der Waals surface area (Å²) in [5.74, 6) is 6.26. The number of likely N-dealkylation sites (tertiary alicyclic amines) is 1. The smallest absolute Gasteiger partial charge is 0.321 e. The maximum atomic E-state index is 13.1. The molecule has 38 heavy (non-hydrogen) atoms. The molecule has 0 radical (unpaired) electrons. The first-order chi connectivity index (χ1) is 18.3. The van der Waals surface area contributed by atoms with Crippen molar-refractivity contribution in [3.05, 3.63) is 42.2 Å². The molecule has 1 aromatic carbocycles. The number of fused-ring (bicyclic) bond motifs is 1. The van der Waals surface area contributed by atoms with Crippen LogP contribution in [0.1, 0.15) is 31.3 Å². The Balaban J connectivity index is 1.20. The number of halogens is 1. The molecule has 12 nitrogen and oxygen atoms in total. The summed E-state index contributed by atoms with van der Waals surface area (Å²) in [6.45, 7) is 0.712. The first-order valence-electron chi connectivity index (χ1n) is 12.3. The second-order valence-corrected chi connectivity index (χ2v) is 9.36. The summed E-state index contributed by atoms with van der Waals surface area (Å²) in [5, 5.41) is 32.6. The minimum Gasteiger partial charge on any atom is -0.394 e. The molecule has 2 aliphatic heterocycles. The Kier molecular flexibility index (Phi) is 7.39. The van der Waals surface area contributed by atoms with Crippen LogP contribution >= 0.6 is 0 Å². The number of imidazole rings is 1. The van der Waals surface area contributed by atoms with Gasteiger partial charge in [0.1, 0.15) is 29.6 Å². The maximum Gasteiger partial charge on any atom is 0.321 e. The Labute approximate surface area is 217 Å². The van der Waals surface area contributed by atoms with Crippen LogP contribution in [0.3, 0.4) is 0 Å². The third-order valence-electron chi connectivity index (χ3n) is 6.83. The number of aromatic nitrogens is 4. The van der Waals surface area contributed by atoms with Crippen LogP contribution < -0.4 is 11.1 Å². The number of amides is 2. The highest BCUT2D eigenvalue weighted by Gasteiger charge is 2.44. The van der Waals surface area contributed by atoms with Crippen molar-refractivity contribution in [3.63, 3.8) is 0 Å². The number of hydrogen-bond acceptors (Lipinski definition) is 9. The number of hydrogen-bond donors (Lipinski definition) is 5. The van der Waals surface area contributed by atoms with Crippen molar-refractivity contribution in [2.75, 3.05) is 30.7 Å². The molecule has 4 atom stereocenters. The Morgan fingerprint density at radius 2 is 1.92 bits per heavy atom. The van der Waals surface area contributed by atoms with E-state index >= 15 is 0 Å². The second-order valence-electron chi connectivity index (χ2n) is 9.36. The molecule has 0 aliphatic carbocycles. The maximum absolute atomic E-state index is 13.1. The molecule has 4 heterocycles. The number of carbonyl (C=O) groups is 1. The third kappa shape index (κ3) is 5.25. The van der Waals surface area contributed by atoms with E-state index < -0.39 is 31.1 Å². The number of anilines is 2. The lowest BCUT2D eigenvalue weighted by Gasteiger charge is -2.31. The normalized spacial score (nSPS) is 23.8. The number of nitrogens with one attached hydrogen (secondary N) is 1. The molecule has 2 fully saturated rings. The van der Waals surface area contributed by atoms with Gasteiger partial charge in [-0.1, -0.05) is 5.92 Å². The standard InChI is InChI=1S/C25H28FN7O5/c26-15-4-6-16(7-5-15)29-25(37)32-10-8-14(9-11-32)2-1-3-18-30-22(27)19-23(31-18)33(13-28-19)24-21(36)20(35)17(12-34)38-24/h4-7,13-14,17,20-21,24,34-36H,2,8-12H2,(H,29,37)(H2,27,30,31)/t17-,20+,21?,24-/m1/s1. The van der Waals surface area contributed by atoms with Crippen molar-refractivity contribution in [2.24, 2.45) is 5.92 Å². The number of ether oxygens (including phenoxy) is 1. The summed E-state index contributed by atoms with van der Waals surface area (Å²) in [5.41, 5.74) is 7.19. The zero-order chi connectivity index (χ0) is 26.8. The third-order valence-corrected chi connectivity index (χ3v) is 6.83. The Morgan fingerprint density at radius 1 is 1.18 bits per heavy atom. The average molecular weight is 526 g/mol. The van der Waals surface area contributed by atoms with Gasteiger partial charge >= 0.3 is 6.03 Å². The van der Waals surface area contributed by atoms with Gasteiger partial charge in [0.25, 0.3) is 0 Å². The van der Waals surface area contributed by atoms with Gasteiger partial charge in [-0.3, -0.25) is 4.57 Å². The summed E-state index contributed by atoms with van der Waals surface area (Å²) in [6, 6.07) is 5.42. The number of carbonyl (C=O) groups excluding carboxylic acids is 1. The van der Waals surface area contributed by atoms with Gasteiger partial charge in [-0.2, -0.15) is 0 Å². The Bertz CT molecular complexity index is 1360. The number of nitrogens with zero attached hydrogens (tertiary/aromatic N) is 5. The van der Waals surface area contributed by atoms with E-state index in [1.807, 2.05) is 0 Å². The fraction of sp³-hybridized carbons (Fsp3) is 0.440. The number of aliphatic hydroxyl groups is 3. The Hall–Kier alpha value is -3.83. The van der Waals surface area contributed by atoms with Crippen LogP contribution in [0.4, 0.5) is 20.7 Å². The molecule has 0 spiro atoms. The first kappa shape index (κ1) is 25.8. The number of aliphatic hydroxyl groups excluding tert-OH is 3. The fourth-order valence-corrected chi connectivity index (χ4v) is 4.64. The van der Waals surface area contributed by atoms with E-state index in [0.717, 1.165) is 12.8 Å². The molecule has 0 saturated carbocycles. The van der Waals surface area contributed by atoms with Gasteiger partial charge in [-0.25, -0.2) is 24.1 Å². The molecule has 0 bridgehead atoms. The first-order valence-corrected chi connectivity index (χ1v) is 12.3. The Morgan fingerprint density at radius 3 is 2.61 bits per heavy atom. The molecule has 5 rings (SSSR count). The molecular weight excluding hydrogens is 497 g/mol. The molecule has 13 heteroatoms. The van der Waals surface area contributed by atoms with Crippen molar-refractivity contribution in [3.8, 4) is 11.8 Å². The lowest BCUT2D eigenvalue weighted by atomic mass is 9.94. The topological polar surface area (TPSA) is 172 Å². The van der Waals surface area contributed by atoms with E-state index in [1.54, 1.807) is 4.90 Å². The van der Waals surface area contributed by atoms with Gasteiger partial charge in [0.15, 0.2) is 17.7 Å². The molecule has 2 aliphatic rings.